The van der Waals surface area contributed by atoms with Gasteiger partial charge >= 0.3 is 6.03 Å². The summed E-state index contributed by atoms with van der Waals surface area (Å²) < 4.78 is 5.49. The van der Waals surface area contributed by atoms with E-state index in [1.807, 2.05) is 0 Å². The first-order chi connectivity index (χ1) is 10.7. The van der Waals surface area contributed by atoms with E-state index < -0.39 is 0 Å². The third kappa shape index (κ3) is 6.10. The van der Waals surface area contributed by atoms with Crippen molar-refractivity contribution in [3.63, 3.8) is 0 Å². The van der Waals surface area contributed by atoms with Crippen LogP contribution in [-0.2, 0) is 4.74 Å². The Hall–Kier alpha value is -0.850. The van der Waals surface area contributed by atoms with Crippen molar-refractivity contribution in [2.45, 2.75) is 32.8 Å². The van der Waals surface area contributed by atoms with Crippen LogP contribution in [0.4, 0.5) is 4.79 Å². The van der Waals surface area contributed by atoms with Gasteiger partial charge in [0.25, 0.3) is 0 Å². The molecule has 2 fully saturated rings. The number of carbonyl (C=O) groups excluding carboxylic acids is 1. The van der Waals surface area contributed by atoms with Crippen LogP contribution >= 0.6 is 0 Å². The lowest BCUT2D eigenvalue weighted by atomic mass is 10.1. The van der Waals surface area contributed by atoms with Gasteiger partial charge in [-0.2, -0.15) is 0 Å². The van der Waals surface area contributed by atoms with Gasteiger partial charge in [0.05, 0.1) is 6.10 Å². The molecule has 2 atom stereocenters. The Morgan fingerprint density at radius 1 is 1.23 bits per heavy atom. The Labute approximate surface area is 134 Å². The number of carbonyl (C=O) groups is 1. The molecule has 0 bridgehead atoms. The molecule has 0 radical (unpaired) electrons. The summed E-state index contributed by atoms with van der Waals surface area (Å²) in [4.78, 5) is 16.8. The van der Waals surface area contributed by atoms with Crippen LogP contribution in [0.2, 0.25) is 0 Å². The molecule has 0 aliphatic carbocycles. The molecular weight excluding hydrogens is 280 g/mol. The highest BCUT2D eigenvalue weighted by atomic mass is 16.5. The molecule has 2 aliphatic heterocycles. The van der Waals surface area contributed by atoms with E-state index in [1.54, 1.807) is 0 Å². The third-order valence-electron chi connectivity index (χ3n) is 4.61. The lowest BCUT2D eigenvalue weighted by Crippen LogP contribution is -2.48. The van der Waals surface area contributed by atoms with Crippen LogP contribution < -0.4 is 10.6 Å². The highest BCUT2D eigenvalue weighted by molar-refractivity contribution is 5.73. The van der Waals surface area contributed by atoms with Crippen LogP contribution in [0.15, 0.2) is 0 Å². The van der Waals surface area contributed by atoms with Gasteiger partial charge < -0.3 is 25.2 Å². The first kappa shape index (κ1) is 17.5. The standard InChI is InChI=1S/C16H32N4O2/c1-3-19-6-8-20(9-7-19)13-14(2)11-17-16(21)18-12-15-5-4-10-22-15/h14-15H,3-13H2,1-2H3,(H2,17,18,21)/t14-,15-/m1/s1. The van der Waals surface area contributed by atoms with Gasteiger partial charge in [0.1, 0.15) is 0 Å². The summed E-state index contributed by atoms with van der Waals surface area (Å²) in [5.74, 6) is 0.474. The Morgan fingerprint density at radius 3 is 2.59 bits per heavy atom. The minimum Gasteiger partial charge on any atom is -0.376 e. The average molecular weight is 312 g/mol. The maximum Gasteiger partial charge on any atom is 0.314 e. The Bertz CT molecular complexity index is 326. The number of likely N-dealkylation sites (N-methyl/N-ethyl adjacent to an activating group) is 1. The average Bonchev–Trinajstić information content (AvgIpc) is 3.05. The highest BCUT2D eigenvalue weighted by Gasteiger charge is 2.18. The molecule has 128 valence electrons. The second-order valence-electron chi connectivity index (χ2n) is 6.57. The Kier molecular flexibility index (Phi) is 7.42. The van der Waals surface area contributed by atoms with E-state index in [0.717, 1.165) is 52.2 Å². The number of nitrogens with one attached hydrogen (secondary N) is 2. The van der Waals surface area contributed by atoms with Gasteiger partial charge in [0.15, 0.2) is 0 Å². The van der Waals surface area contributed by atoms with Gasteiger partial charge in [-0.1, -0.05) is 13.8 Å². The SMILES string of the molecule is CCN1CCN(C[C@H](C)CNC(=O)NC[C@H]2CCCO2)CC1. The molecule has 2 rings (SSSR count). The fraction of sp³-hybridized carbons (Fsp3) is 0.938. The molecule has 0 aromatic heterocycles. The van der Waals surface area contributed by atoms with Crippen LogP contribution in [0.25, 0.3) is 0 Å². The summed E-state index contributed by atoms with van der Waals surface area (Å²) in [7, 11) is 0. The second-order valence-corrected chi connectivity index (χ2v) is 6.57. The number of hydrogen-bond acceptors (Lipinski definition) is 4. The Morgan fingerprint density at radius 2 is 1.95 bits per heavy atom. The van der Waals surface area contributed by atoms with E-state index in [0.29, 0.717) is 12.5 Å². The first-order valence-electron chi connectivity index (χ1n) is 8.75. The van der Waals surface area contributed by atoms with E-state index in [9.17, 15) is 4.79 Å². The Balaban J connectivity index is 1.53. The summed E-state index contributed by atoms with van der Waals surface area (Å²) in [5, 5.41) is 5.87. The monoisotopic (exact) mass is 312 g/mol. The molecule has 2 saturated heterocycles. The molecule has 2 amide bonds. The van der Waals surface area contributed by atoms with Gasteiger partial charge in [-0.25, -0.2) is 4.79 Å². The number of ether oxygens (including phenoxy) is 1. The lowest BCUT2D eigenvalue weighted by Gasteiger charge is -2.35. The first-order valence-corrected chi connectivity index (χ1v) is 8.75. The van der Waals surface area contributed by atoms with Gasteiger partial charge in [0, 0.05) is 52.4 Å². The van der Waals surface area contributed by atoms with Crippen molar-refractivity contribution in [3.05, 3.63) is 0 Å². The minimum atomic E-state index is -0.0712. The minimum absolute atomic E-state index is 0.0712. The highest BCUT2D eigenvalue weighted by Crippen LogP contribution is 2.10. The van der Waals surface area contributed by atoms with Gasteiger partial charge in [-0.3, -0.25) is 0 Å². The topological polar surface area (TPSA) is 56.8 Å². The molecule has 2 heterocycles. The molecule has 0 aromatic rings. The lowest BCUT2D eigenvalue weighted by molar-refractivity contribution is 0.111. The van der Waals surface area contributed by atoms with Crippen LogP contribution in [0, 0.1) is 5.92 Å². The van der Waals surface area contributed by atoms with E-state index in [1.165, 1.54) is 13.1 Å². The maximum absolute atomic E-state index is 11.8. The predicted molar refractivity (Wildman–Crippen MR) is 88.1 cm³/mol. The van der Waals surface area contributed by atoms with E-state index >= 15 is 0 Å². The van der Waals surface area contributed by atoms with Crippen LogP contribution in [0.1, 0.15) is 26.7 Å². The molecule has 22 heavy (non-hydrogen) atoms. The van der Waals surface area contributed by atoms with E-state index in [-0.39, 0.29) is 12.1 Å². The van der Waals surface area contributed by atoms with E-state index in [2.05, 4.69) is 34.3 Å². The molecule has 2 aliphatic rings. The normalized spacial score (nSPS) is 25.1. The smallest absolute Gasteiger partial charge is 0.314 e. The summed E-state index contributed by atoms with van der Waals surface area (Å²) in [6.45, 7) is 13.4. The molecule has 6 heteroatoms. The molecule has 0 unspecified atom stereocenters. The summed E-state index contributed by atoms with van der Waals surface area (Å²) in [6, 6.07) is -0.0712. The molecule has 0 spiro atoms. The van der Waals surface area contributed by atoms with E-state index in [4.69, 9.17) is 4.74 Å². The number of amides is 2. The molecule has 0 aromatic carbocycles. The number of piperazine rings is 1. The van der Waals surface area contributed by atoms with Crippen molar-refractivity contribution in [1.29, 1.82) is 0 Å². The summed E-state index contributed by atoms with van der Waals surface area (Å²) in [5.41, 5.74) is 0. The third-order valence-corrected chi connectivity index (χ3v) is 4.61. The van der Waals surface area contributed by atoms with Gasteiger partial charge in [-0.15, -0.1) is 0 Å². The number of nitrogens with zero attached hydrogens (tertiary/aromatic N) is 2. The van der Waals surface area contributed by atoms with Crippen molar-refractivity contribution >= 4 is 6.03 Å². The van der Waals surface area contributed by atoms with Gasteiger partial charge in [0.2, 0.25) is 0 Å². The fourth-order valence-electron chi connectivity index (χ4n) is 3.13. The van der Waals surface area contributed by atoms with Crippen LogP contribution in [0.3, 0.4) is 0 Å². The quantitative estimate of drug-likeness (QED) is 0.728. The van der Waals surface area contributed by atoms with Crippen LogP contribution in [-0.4, -0.2) is 80.9 Å². The van der Waals surface area contributed by atoms with Crippen molar-refractivity contribution in [2.24, 2.45) is 5.92 Å². The fourth-order valence-corrected chi connectivity index (χ4v) is 3.13. The largest absolute Gasteiger partial charge is 0.376 e. The zero-order valence-corrected chi connectivity index (χ0v) is 14.1. The summed E-state index contributed by atoms with van der Waals surface area (Å²) in [6.07, 6.45) is 2.37. The molecule has 6 nitrogen and oxygen atoms in total. The zero-order chi connectivity index (χ0) is 15.8. The number of hydrogen-bond donors (Lipinski definition) is 2. The van der Waals surface area contributed by atoms with Crippen molar-refractivity contribution in [2.75, 3.05) is 59.0 Å². The molecule has 2 N–H and O–H groups in total. The molecular formula is C16H32N4O2. The summed E-state index contributed by atoms with van der Waals surface area (Å²) >= 11 is 0. The zero-order valence-electron chi connectivity index (χ0n) is 14.1. The van der Waals surface area contributed by atoms with Crippen molar-refractivity contribution in [1.82, 2.24) is 20.4 Å². The number of rotatable bonds is 7. The number of urea groups is 1. The van der Waals surface area contributed by atoms with Crippen molar-refractivity contribution in [3.8, 4) is 0 Å². The second kappa shape index (κ2) is 9.33. The van der Waals surface area contributed by atoms with Crippen molar-refractivity contribution < 1.29 is 9.53 Å². The predicted octanol–water partition coefficient (Wildman–Crippen LogP) is 0.738. The maximum atomic E-state index is 11.8. The van der Waals surface area contributed by atoms with Gasteiger partial charge in [-0.05, 0) is 25.3 Å². The van der Waals surface area contributed by atoms with Crippen LogP contribution in [0.5, 0.6) is 0 Å². The molecule has 0 saturated carbocycles.